The van der Waals surface area contributed by atoms with Crippen LogP contribution in [0.2, 0.25) is 0 Å². The van der Waals surface area contributed by atoms with E-state index in [0.29, 0.717) is 23.2 Å². The van der Waals surface area contributed by atoms with Gasteiger partial charge in [0.15, 0.2) is 0 Å². The van der Waals surface area contributed by atoms with Crippen molar-refractivity contribution < 1.29 is 14.7 Å². The van der Waals surface area contributed by atoms with Gasteiger partial charge in [-0.3, -0.25) is 9.59 Å². The summed E-state index contributed by atoms with van der Waals surface area (Å²) >= 11 is 0. The molecule has 0 saturated carbocycles. The zero-order chi connectivity index (χ0) is 16.7. The lowest BCUT2D eigenvalue weighted by Gasteiger charge is -2.14. The maximum Gasteiger partial charge on any atom is 0.255 e. The second kappa shape index (κ2) is 8.10. The third-order valence-corrected chi connectivity index (χ3v) is 3.49. The molecule has 0 heterocycles. The van der Waals surface area contributed by atoms with Crippen molar-refractivity contribution in [2.75, 3.05) is 11.9 Å². The molecule has 2 amide bonds. The van der Waals surface area contributed by atoms with Crippen molar-refractivity contribution >= 4 is 17.5 Å². The molecule has 1 atom stereocenters. The van der Waals surface area contributed by atoms with Gasteiger partial charge in [-0.15, -0.1) is 0 Å². The van der Waals surface area contributed by atoms with E-state index in [2.05, 4.69) is 10.6 Å². The maximum absolute atomic E-state index is 12.0. The maximum atomic E-state index is 12.0. The molecule has 0 bridgehead atoms. The first-order chi connectivity index (χ1) is 11.1. The van der Waals surface area contributed by atoms with Crippen LogP contribution in [0.4, 0.5) is 5.69 Å². The molecule has 23 heavy (non-hydrogen) atoms. The Morgan fingerprint density at radius 1 is 0.957 bits per heavy atom. The molecular formula is C18H20N2O3. The standard InChI is InChI=1S/C18H20N2O3/c1-2-15(12-21)19-18(23)14-8-10-16(11-9-14)20-17(22)13-6-4-3-5-7-13/h3-11,15,21H,2,12H2,1H3,(H,19,23)(H,20,22). The van der Waals surface area contributed by atoms with E-state index in [9.17, 15) is 9.59 Å². The number of carbonyl (C=O) groups is 2. The highest BCUT2D eigenvalue weighted by molar-refractivity contribution is 6.04. The Hall–Kier alpha value is -2.66. The van der Waals surface area contributed by atoms with Gasteiger partial charge in [0, 0.05) is 16.8 Å². The van der Waals surface area contributed by atoms with E-state index in [1.54, 1.807) is 48.5 Å². The molecule has 0 aliphatic carbocycles. The van der Waals surface area contributed by atoms with Crippen molar-refractivity contribution in [1.29, 1.82) is 0 Å². The Bertz CT molecular complexity index is 650. The summed E-state index contributed by atoms with van der Waals surface area (Å²) in [4.78, 5) is 24.1. The number of aliphatic hydroxyl groups is 1. The number of carbonyl (C=O) groups excluding carboxylic acids is 2. The minimum absolute atomic E-state index is 0.0898. The van der Waals surface area contributed by atoms with Crippen molar-refractivity contribution in [3.05, 3.63) is 65.7 Å². The van der Waals surface area contributed by atoms with E-state index in [1.807, 2.05) is 13.0 Å². The Balaban J connectivity index is 1.99. The third-order valence-electron chi connectivity index (χ3n) is 3.49. The summed E-state index contributed by atoms with van der Waals surface area (Å²) in [6.45, 7) is 1.80. The van der Waals surface area contributed by atoms with Crippen LogP contribution in [0.15, 0.2) is 54.6 Å². The predicted octanol–water partition coefficient (Wildman–Crippen LogP) is 2.44. The third kappa shape index (κ3) is 4.66. The summed E-state index contributed by atoms with van der Waals surface area (Å²) in [6.07, 6.45) is 0.660. The van der Waals surface area contributed by atoms with Crippen LogP contribution in [-0.2, 0) is 0 Å². The lowest BCUT2D eigenvalue weighted by Crippen LogP contribution is -2.36. The molecule has 0 radical (unpaired) electrons. The van der Waals surface area contributed by atoms with E-state index < -0.39 is 0 Å². The first-order valence-electron chi connectivity index (χ1n) is 7.52. The van der Waals surface area contributed by atoms with E-state index in [0.717, 1.165) is 0 Å². The van der Waals surface area contributed by atoms with Gasteiger partial charge in [-0.25, -0.2) is 0 Å². The van der Waals surface area contributed by atoms with Crippen molar-refractivity contribution in [2.24, 2.45) is 0 Å². The average Bonchev–Trinajstić information content (AvgIpc) is 2.60. The topological polar surface area (TPSA) is 78.4 Å². The number of hydrogen-bond donors (Lipinski definition) is 3. The van der Waals surface area contributed by atoms with Crippen molar-refractivity contribution in [3.63, 3.8) is 0 Å². The van der Waals surface area contributed by atoms with Gasteiger partial charge in [0.25, 0.3) is 11.8 Å². The molecule has 3 N–H and O–H groups in total. The van der Waals surface area contributed by atoms with Gasteiger partial charge in [0.1, 0.15) is 0 Å². The zero-order valence-electron chi connectivity index (χ0n) is 13.0. The second-order valence-corrected chi connectivity index (χ2v) is 5.16. The summed E-state index contributed by atoms with van der Waals surface area (Å²) < 4.78 is 0. The highest BCUT2D eigenvalue weighted by atomic mass is 16.3. The molecule has 0 aliphatic rings. The Morgan fingerprint density at radius 2 is 1.57 bits per heavy atom. The molecule has 2 aromatic carbocycles. The number of aliphatic hydroxyl groups excluding tert-OH is 1. The number of benzene rings is 2. The molecule has 2 rings (SSSR count). The lowest BCUT2D eigenvalue weighted by molar-refractivity contribution is 0.0914. The number of amides is 2. The number of anilines is 1. The molecular weight excluding hydrogens is 292 g/mol. The van der Waals surface area contributed by atoms with Gasteiger partial charge in [0.05, 0.1) is 12.6 Å². The molecule has 5 nitrogen and oxygen atoms in total. The van der Waals surface area contributed by atoms with Crippen LogP contribution in [0.3, 0.4) is 0 Å². The van der Waals surface area contributed by atoms with Crippen LogP contribution in [-0.4, -0.2) is 29.6 Å². The Morgan fingerprint density at radius 3 is 2.13 bits per heavy atom. The summed E-state index contributed by atoms with van der Waals surface area (Å²) in [6, 6.07) is 15.3. The van der Waals surface area contributed by atoms with Gasteiger partial charge >= 0.3 is 0 Å². The summed E-state index contributed by atoms with van der Waals surface area (Å²) in [7, 11) is 0. The first-order valence-corrected chi connectivity index (χ1v) is 7.52. The van der Waals surface area contributed by atoms with Crippen LogP contribution < -0.4 is 10.6 Å². The SMILES string of the molecule is CCC(CO)NC(=O)c1ccc(NC(=O)c2ccccc2)cc1. The predicted molar refractivity (Wildman–Crippen MR) is 89.5 cm³/mol. The monoisotopic (exact) mass is 312 g/mol. The van der Waals surface area contributed by atoms with Gasteiger partial charge in [-0.1, -0.05) is 25.1 Å². The van der Waals surface area contributed by atoms with Gasteiger partial charge in [-0.2, -0.15) is 0 Å². The van der Waals surface area contributed by atoms with Crippen LogP contribution in [0.1, 0.15) is 34.1 Å². The highest BCUT2D eigenvalue weighted by Crippen LogP contribution is 2.12. The van der Waals surface area contributed by atoms with E-state index in [4.69, 9.17) is 5.11 Å². The summed E-state index contributed by atoms with van der Waals surface area (Å²) in [5.74, 6) is -0.444. The molecule has 0 fully saturated rings. The number of nitrogens with one attached hydrogen (secondary N) is 2. The van der Waals surface area contributed by atoms with Crippen LogP contribution in [0, 0.1) is 0 Å². The molecule has 0 saturated heterocycles. The van der Waals surface area contributed by atoms with Gasteiger partial charge < -0.3 is 15.7 Å². The summed E-state index contributed by atoms with van der Waals surface area (Å²) in [5, 5.41) is 14.6. The normalized spacial score (nSPS) is 11.6. The van der Waals surface area contributed by atoms with Crippen molar-refractivity contribution in [3.8, 4) is 0 Å². The molecule has 1 unspecified atom stereocenters. The molecule has 0 aromatic heterocycles. The van der Waals surface area contributed by atoms with Gasteiger partial charge in [-0.05, 0) is 42.8 Å². The van der Waals surface area contributed by atoms with Gasteiger partial charge in [0.2, 0.25) is 0 Å². The molecule has 0 aliphatic heterocycles. The zero-order valence-corrected chi connectivity index (χ0v) is 13.0. The second-order valence-electron chi connectivity index (χ2n) is 5.16. The molecule has 0 spiro atoms. The number of rotatable bonds is 6. The Kier molecular flexibility index (Phi) is 5.88. The highest BCUT2D eigenvalue weighted by Gasteiger charge is 2.11. The minimum Gasteiger partial charge on any atom is -0.394 e. The molecule has 5 heteroatoms. The Labute approximate surface area is 135 Å². The summed E-state index contributed by atoms with van der Waals surface area (Å²) in [5.41, 5.74) is 1.67. The first kappa shape index (κ1) is 16.7. The van der Waals surface area contributed by atoms with Crippen molar-refractivity contribution in [1.82, 2.24) is 5.32 Å². The lowest BCUT2D eigenvalue weighted by atomic mass is 10.1. The smallest absolute Gasteiger partial charge is 0.255 e. The van der Waals surface area contributed by atoms with Crippen LogP contribution >= 0.6 is 0 Å². The van der Waals surface area contributed by atoms with E-state index in [-0.39, 0.29) is 24.5 Å². The number of hydrogen-bond acceptors (Lipinski definition) is 3. The fourth-order valence-corrected chi connectivity index (χ4v) is 2.04. The van der Waals surface area contributed by atoms with E-state index >= 15 is 0 Å². The van der Waals surface area contributed by atoms with Crippen LogP contribution in [0.5, 0.6) is 0 Å². The average molecular weight is 312 g/mol. The van der Waals surface area contributed by atoms with Crippen molar-refractivity contribution in [2.45, 2.75) is 19.4 Å². The minimum atomic E-state index is -0.250. The van der Waals surface area contributed by atoms with Crippen LogP contribution in [0.25, 0.3) is 0 Å². The fourth-order valence-electron chi connectivity index (χ4n) is 2.04. The fraction of sp³-hybridized carbons (Fsp3) is 0.222. The molecule has 120 valence electrons. The largest absolute Gasteiger partial charge is 0.394 e. The molecule has 2 aromatic rings. The van der Waals surface area contributed by atoms with E-state index in [1.165, 1.54) is 0 Å². The quantitative estimate of drug-likeness (QED) is 0.766.